The highest BCUT2D eigenvalue weighted by Gasteiger charge is 2.30. The summed E-state index contributed by atoms with van der Waals surface area (Å²) in [6, 6.07) is 9.75. The Morgan fingerprint density at radius 1 is 1.16 bits per heavy atom. The molecule has 1 aliphatic heterocycles. The molecule has 1 aliphatic carbocycles. The molecule has 0 saturated heterocycles. The highest BCUT2D eigenvalue weighted by atomic mass is 32.1. The summed E-state index contributed by atoms with van der Waals surface area (Å²) in [4.78, 5) is 25.2. The number of hydrogen-bond donors (Lipinski definition) is 1. The predicted octanol–water partition coefficient (Wildman–Crippen LogP) is 5.68. The molecule has 2 aliphatic rings. The molecule has 5 rings (SSSR count). The van der Waals surface area contributed by atoms with Crippen molar-refractivity contribution in [2.75, 3.05) is 19.7 Å². The maximum atomic E-state index is 13.0. The highest BCUT2D eigenvalue weighted by Crippen LogP contribution is 2.32. The molecule has 1 N–H and O–H groups in total. The van der Waals surface area contributed by atoms with E-state index in [0.29, 0.717) is 18.0 Å². The summed E-state index contributed by atoms with van der Waals surface area (Å²) in [5.41, 5.74) is 3.28. The van der Waals surface area contributed by atoms with Crippen molar-refractivity contribution in [2.24, 2.45) is 5.92 Å². The van der Waals surface area contributed by atoms with E-state index in [9.17, 15) is 18.0 Å². The van der Waals surface area contributed by atoms with Crippen LogP contribution in [0.15, 0.2) is 30.3 Å². The summed E-state index contributed by atoms with van der Waals surface area (Å²) in [5.74, 6) is 0.575. The predicted molar refractivity (Wildman–Crippen MR) is 137 cm³/mol. The van der Waals surface area contributed by atoms with Crippen LogP contribution in [0.5, 0.6) is 5.19 Å². The van der Waals surface area contributed by atoms with Crippen LogP contribution < -0.4 is 10.1 Å². The molecule has 1 saturated carbocycles. The molecular weight excluding hydrogens is 501 g/mol. The fourth-order valence-corrected chi connectivity index (χ4v) is 6.21. The quantitative estimate of drug-likeness (QED) is 0.424. The zero-order valence-corrected chi connectivity index (χ0v) is 21.6. The lowest BCUT2D eigenvalue weighted by Gasteiger charge is -2.32. The Labute approximate surface area is 218 Å². The summed E-state index contributed by atoms with van der Waals surface area (Å²) in [6.07, 6.45) is 1.60. The molecule has 1 amide bonds. The number of aromatic nitrogens is 2. The highest BCUT2D eigenvalue weighted by molar-refractivity contribution is 7.13. The van der Waals surface area contributed by atoms with Crippen LogP contribution in [0.3, 0.4) is 0 Å². The molecule has 0 atom stereocenters. The number of benzene rings is 1. The third-order valence-corrected chi connectivity index (χ3v) is 8.37. The lowest BCUT2D eigenvalue weighted by atomic mass is 9.84. The van der Waals surface area contributed by atoms with Crippen molar-refractivity contribution >= 4 is 28.1 Å². The molecule has 6 nitrogen and oxygen atoms in total. The second-order valence-corrected chi connectivity index (χ2v) is 11.1. The second-order valence-electron chi connectivity index (χ2n) is 10.1. The Kier molecular flexibility index (Phi) is 7.67. The molecule has 2 aromatic heterocycles. The van der Waals surface area contributed by atoms with E-state index in [1.165, 1.54) is 11.3 Å². The van der Waals surface area contributed by atoms with Gasteiger partial charge in [-0.25, -0.2) is 4.98 Å². The first-order valence-corrected chi connectivity index (χ1v) is 13.6. The monoisotopic (exact) mass is 532 g/mol. The molecule has 1 fully saturated rings. The summed E-state index contributed by atoms with van der Waals surface area (Å²) in [6.45, 7) is 3.13. The molecule has 3 heterocycles. The number of alkyl halides is 3. The number of thiazole rings is 1. The smallest absolute Gasteiger partial charge is 0.422 e. The number of nitrogens with one attached hydrogen (secondary N) is 1. The van der Waals surface area contributed by atoms with Crippen LogP contribution in [-0.4, -0.2) is 52.7 Å². The van der Waals surface area contributed by atoms with Crippen LogP contribution in [0.25, 0.3) is 10.9 Å². The average Bonchev–Trinajstić information content (AvgIpc) is 3.28. The fourth-order valence-electron chi connectivity index (χ4n) is 5.30. The van der Waals surface area contributed by atoms with E-state index in [-0.39, 0.29) is 17.1 Å². The zero-order valence-electron chi connectivity index (χ0n) is 20.8. The van der Waals surface area contributed by atoms with Gasteiger partial charge in [-0.1, -0.05) is 23.5 Å². The average molecular weight is 533 g/mol. The number of nitrogens with zero attached hydrogens (tertiary/aromatic N) is 3. The zero-order chi connectivity index (χ0) is 26.0. The normalized spacial score (nSPS) is 20.5. The van der Waals surface area contributed by atoms with Crippen molar-refractivity contribution in [1.82, 2.24) is 20.2 Å². The molecule has 0 spiro atoms. The SMILES string of the molecule is Cc1ccc2c(C(=O)N[C@H]3CC[C@H](CCN4CCc5sc(OCC(F)(F)F)nc5C4)CC3)cccc2n1. The van der Waals surface area contributed by atoms with Crippen molar-refractivity contribution in [1.29, 1.82) is 0 Å². The number of halogens is 3. The van der Waals surface area contributed by atoms with Gasteiger partial charge in [0.05, 0.1) is 11.2 Å². The number of fused-ring (bicyclic) bond motifs is 2. The molecular formula is C27H31F3N4O2S. The number of rotatable bonds is 7. The van der Waals surface area contributed by atoms with Crippen LogP contribution in [0, 0.1) is 12.8 Å². The Morgan fingerprint density at radius 3 is 2.76 bits per heavy atom. The maximum absolute atomic E-state index is 13.0. The molecule has 1 aromatic carbocycles. The first-order chi connectivity index (χ1) is 17.7. The lowest BCUT2D eigenvalue weighted by molar-refractivity contribution is -0.153. The standard InChI is InChI=1S/C27H31F3N4O2S/c1-17-5-10-20-21(3-2-4-22(20)31-17)25(35)32-19-8-6-18(7-9-19)11-13-34-14-12-24-23(15-34)33-26(37-24)36-16-27(28,29)30/h2-5,10,18-19H,6-9,11-16H2,1H3,(H,32,35)/t18-,19-. The molecule has 0 bridgehead atoms. The van der Waals surface area contributed by atoms with Gasteiger partial charge in [0, 0.05) is 40.7 Å². The van der Waals surface area contributed by atoms with Crippen molar-refractivity contribution in [3.63, 3.8) is 0 Å². The van der Waals surface area contributed by atoms with Crippen LogP contribution in [-0.2, 0) is 13.0 Å². The van der Waals surface area contributed by atoms with Gasteiger partial charge in [0.25, 0.3) is 11.1 Å². The molecule has 37 heavy (non-hydrogen) atoms. The van der Waals surface area contributed by atoms with Crippen LogP contribution in [0.4, 0.5) is 13.2 Å². The van der Waals surface area contributed by atoms with Gasteiger partial charge < -0.3 is 10.1 Å². The first-order valence-electron chi connectivity index (χ1n) is 12.8. The topological polar surface area (TPSA) is 67.4 Å². The van der Waals surface area contributed by atoms with Crippen molar-refractivity contribution in [3.05, 3.63) is 52.2 Å². The number of ether oxygens (including phenoxy) is 1. The third-order valence-electron chi connectivity index (χ3n) is 7.30. The van der Waals surface area contributed by atoms with Gasteiger partial charge in [-0.15, -0.1) is 0 Å². The Balaban J connectivity index is 1.07. The van der Waals surface area contributed by atoms with Gasteiger partial charge in [-0.05, 0) is 76.1 Å². The van der Waals surface area contributed by atoms with E-state index >= 15 is 0 Å². The number of hydrogen-bond acceptors (Lipinski definition) is 6. The van der Waals surface area contributed by atoms with E-state index in [1.807, 2.05) is 37.3 Å². The van der Waals surface area contributed by atoms with Gasteiger partial charge in [0.15, 0.2) is 6.61 Å². The number of amides is 1. The van der Waals surface area contributed by atoms with Gasteiger partial charge in [-0.2, -0.15) is 13.2 Å². The Hall–Kier alpha value is -2.72. The Bertz CT molecular complexity index is 1250. The lowest BCUT2D eigenvalue weighted by Crippen LogP contribution is -2.38. The number of carbonyl (C=O) groups excluding carboxylic acids is 1. The summed E-state index contributed by atoms with van der Waals surface area (Å²) >= 11 is 1.23. The van der Waals surface area contributed by atoms with E-state index in [0.717, 1.165) is 78.8 Å². The minimum Gasteiger partial charge on any atom is -0.460 e. The van der Waals surface area contributed by atoms with E-state index in [1.54, 1.807) is 0 Å². The molecule has 10 heteroatoms. The van der Waals surface area contributed by atoms with Crippen molar-refractivity contribution in [3.8, 4) is 5.19 Å². The minimum atomic E-state index is -4.35. The number of aryl methyl sites for hydroxylation is 1. The summed E-state index contributed by atoms with van der Waals surface area (Å²) in [5, 5.41) is 4.22. The van der Waals surface area contributed by atoms with Crippen LogP contribution in [0.2, 0.25) is 0 Å². The van der Waals surface area contributed by atoms with Gasteiger partial charge in [-0.3, -0.25) is 14.7 Å². The van der Waals surface area contributed by atoms with Crippen molar-refractivity contribution < 1.29 is 22.7 Å². The van der Waals surface area contributed by atoms with Gasteiger partial charge in [0.2, 0.25) is 0 Å². The fraction of sp³-hybridized carbons (Fsp3) is 0.519. The van der Waals surface area contributed by atoms with Crippen LogP contribution >= 0.6 is 11.3 Å². The molecule has 0 unspecified atom stereocenters. The number of pyridine rings is 1. The largest absolute Gasteiger partial charge is 0.460 e. The van der Waals surface area contributed by atoms with E-state index < -0.39 is 12.8 Å². The first kappa shape index (κ1) is 25.9. The maximum Gasteiger partial charge on any atom is 0.422 e. The number of carbonyl (C=O) groups is 1. The molecule has 198 valence electrons. The molecule has 3 aromatic rings. The second kappa shape index (κ2) is 10.9. The summed E-state index contributed by atoms with van der Waals surface area (Å²) < 4.78 is 42.1. The van der Waals surface area contributed by atoms with Crippen LogP contribution in [0.1, 0.15) is 58.7 Å². The van der Waals surface area contributed by atoms with Crippen molar-refractivity contribution in [2.45, 2.75) is 64.2 Å². The van der Waals surface area contributed by atoms with E-state index in [2.05, 4.69) is 20.2 Å². The minimum absolute atomic E-state index is 0.0364. The molecule has 0 radical (unpaired) electrons. The summed E-state index contributed by atoms with van der Waals surface area (Å²) in [7, 11) is 0. The van der Waals surface area contributed by atoms with Gasteiger partial charge in [0.1, 0.15) is 0 Å². The Morgan fingerprint density at radius 2 is 1.97 bits per heavy atom. The van der Waals surface area contributed by atoms with Gasteiger partial charge >= 0.3 is 6.18 Å². The third kappa shape index (κ3) is 6.59. The van der Waals surface area contributed by atoms with E-state index in [4.69, 9.17) is 4.74 Å².